The van der Waals surface area contributed by atoms with E-state index in [1.54, 1.807) is 0 Å². The Labute approximate surface area is 107 Å². The van der Waals surface area contributed by atoms with Gasteiger partial charge in [0, 0.05) is 12.6 Å². The third kappa shape index (κ3) is 3.47. The van der Waals surface area contributed by atoms with Crippen LogP contribution in [-0.4, -0.2) is 12.5 Å². The maximum atomic E-state index is 13.4. The first-order chi connectivity index (χ1) is 7.99. The van der Waals surface area contributed by atoms with E-state index in [2.05, 4.69) is 21.2 Å². The lowest BCUT2D eigenvalue weighted by Crippen LogP contribution is -2.29. The van der Waals surface area contributed by atoms with Crippen molar-refractivity contribution in [2.45, 2.75) is 13.3 Å². The number of hydrogen-bond donors (Lipinski definition) is 2. The fourth-order valence-corrected chi connectivity index (χ4v) is 1.66. The van der Waals surface area contributed by atoms with Gasteiger partial charge in [-0.2, -0.15) is 0 Å². The van der Waals surface area contributed by atoms with Crippen LogP contribution in [0.1, 0.15) is 13.3 Å². The van der Waals surface area contributed by atoms with Crippen LogP contribution < -0.4 is 11.1 Å². The lowest BCUT2D eigenvalue weighted by atomic mass is 10.1. The summed E-state index contributed by atoms with van der Waals surface area (Å²) in [4.78, 5) is 11.7. The molecule has 6 heteroatoms. The predicted octanol–water partition coefficient (Wildman–Crippen LogP) is 2.65. The lowest BCUT2D eigenvalue weighted by molar-refractivity contribution is -0.119. The van der Waals surface area contributed by atoms with Gasteiger partial charge in [0.1, 0.15) is 11.6 Å². The molecule has 0 heterocycles. The number of nitrogens with two attached hydrogens (primary N) is 1. The van der Waals surface area contributed by atoms with Gasteiger partial charge in [-0.15, -0.1) is 0 Å². The summed E-state index contributed by atoms with van der Waals surface area (Å²) < 4.78 is 26.4. The van der Waals surface area contributed by atoms with Crippen LogP contribution >= 0.6 is 15.9 Å². The summed E-state index contributed by atoms with van der Waals surface area (Å²) in [5.41, 5.74) is 5.35. The van der Waals surface area contributed by atoms with E-state index in [1.165, 1.54) is 6.07 Å². The van der Waals surface area contributed by atoms with Crippen molar-refractivity contribution in [1.82, 2.24) is 0 Å². The minimum Gasteiger partial charge on any atom is -0.330 e. The number of nitrogens with one attached hydrogen (secondary N) is 1. The third-order valence-corrected chi connectivity index (χ3v) is 3.02. The largest absolute Gasteiger partial charge is 0.330 e. The number of amides is 1. The second-order valence-electron chi connectivity index (χ2n) is 3.58. The highest BCUT2D eigenvalue weighted by Gasteiger charge is 2.17. The molecule has 0 aliphatic heterocycles. The number of carbonyl (C=O) groups excluding carboxylic acids is 1. The van der Waals surface area contributed by atoms with E-state index >= 15 is 0 Å². The molecule has 17 heavy (non-hydrogen) atoms. The summed E-state index contributed by atoms with van der Waals surface area (Å²) >= 11 is 2.92. The second-order valence-corrected chi connectivity index (χ2v) is 4.43. The van der Waals surface area contributed by atoms with E-state index in [9.17, 15) is 13.6 Å². The molecule has 0 bridgehead atoms. The van der Waals surface area contributed by atoms with Crippen LogP contribution in [-0.2, 0) is 4.79 Å². The van der Waals surface area contributed by atoms with Gasteiger partial charge in [0.25, 0.3) is 0 Å². The normalized spacial score (nSPS) is 12.3. The van der Waals surface area contributed by atoms with Crippen LogP contribution in [0.25, 0.3) is 0 Å². The minimum absolute atomic E-state index is 0.0600. The Kier molecular flexibility index (Phi) is 5.02. The molecule has 1 aromatic rings. The van der Waals surface area contributed by atoms with Gasteiger partial charge in [0.05, 0.1) is 16.1 Å². The van der Waals surface area contributed by atoms with E-state index in [-0.39, 0.29) is 28.5 Å². The molecule has 0 radical (unpaired) electrons. The Bertz CT molecular complexity index is 422. The van der Waals surface area contributed by atoms with Gasteiger partial charge in [-0.1, -0.05) is 6.92 Å². The van der Waals surface area contributed by atoms with E-state index in [0.29, 0.717) is 12.5 Å². The van der Waals surface area contributed by atoms with Crippen molar-refractivity contribution in [2.24, 2.45) is 11.7 Å². The molecule has 0 aromatic heterocycles. The van der Waals surface area contributed by atoms with Gasteiger partial charge < -0.3 is 11.1 Å². The molecule has 3 N–H and O–H groups in total. The molecule has 0 aliphatic rings. The van der Waals surface area contributed by atoms with Crippen LogP contribution in [0.15, 0.2) is 16.6 Å². The van der Waals surface area contributed by atoms with Gasteiger partial charge in [0.15, 0.2) is 0 Å². The smallest absolute Gasteiger partial charge is 0.228 e. The zero-order chi connectivity index (χ0) is 13.0. The first kappa shape index (κ1) is 14.1. The Morgan fingerprint density at radius 3 is 2.65 bits per heavy atom. The van der Waals surface area contributed by atoms with Gasteiger partial charge in [-0.3, -0.25) is 4.79 Å². The van der Waals surface area contributed by atoms with Gasteiger partial charge in [-0.05, 0) is 28.4 Å². The summed E-state index contributed by atoms with van der Waals surface area (Å²) in [6.45, 7) is 2.00. The number of hydrogen-bond acceptors (Lipinski definition) is 2. The lowest BCUT2D eigenvalue weighted by Gasteiger charge is -2.13. The van der Waals surface area contributed by atoms with Crippen molar-refractivity contribution in [3.8, 4) is 0 Å². The van der Waals surface area contributed by atoms with Crippen LogP contribution in [0.5, 0.6) is 0 Å². The molecule has 0 saturated carbocycles. The van der Waals surface area contributed by atoms with Crippen molar-refractivity contribution in [1.29, 1.82) is 0 Å². The third-order valence-electron chi connectivity index (χ3n) is 2.42. The quantitative estimate of drug-likeness (QED) is 0.840. The molecule has 0 spiro atoms. The van der Waals surface area contributed by atoms with Crippen molar-refractivity contribution in [3.63, 3.8) is 0 Å². The number of anilines is 1. The number of halogens is 3. The van der Waals surface area contributed by atoms with E-state index in [1.807, 2.05) is 6.92 Å². The Hall–Kier alpha value is -1.01. The maximum Gasteiger partial charge on any atom is 0.228 e. The number of benzene rings is 1. The predicted molar refractivity (Wildman–Crippen MR) is 65.5 cm³/mol. The van der Waals surface area contributed by atoms with Crippen molar-refractivity contribution >= 4 is 27.5 Å². The number of carbonyl (C=O) groups is 1. The summed E-state index contributed by atoms with van der Waals surface area (Å²) in [7, 11) is 0. The topological polar surface area (TPSA) is 55.1 Å². The second kappa shape index (κ2) is 6.07. The van der Waals surface area contributed by atoms with E-state index in [0.717, 1.165) is 0 Å². The summed E-state index contributed by atoms with van der Waals surface area (Å²) in [6.07, 6.45) is 0.562. The van der Waals surface area contributed by atoms with Gasteiger partial charge >= 0.3 is 0 Å². The average molecular weight is 307 g/mol. The fraction of sp³-hybridized carbons (Fsp3) is 0.364. The molecule has 1 unspecified atom stereocenters. The molecule has 1 aromatic carbocycles. The Balaban J connectivity index is 2.88. The summed E-state index contributed by atoms with van der Waals surface area (Å²) in [5.74, 6) is -2.28. The van der Waals surface area contributed by atoms with Crippen LogP contribution in [0.4, 0.5) is 14.5 Å². The van der Waals surface area contributed by atoms with Crippen LogP contribution in [0, 0.1) is 17.6 Å². The molecule has 0 fully saturated rings. The monoisotopic (exact) mass is 306 g/mol. The first-order valence-electron chi connectivity index (χ1n) is 5.15. The molecular formula is C11H13BrF2N2O. The van der Waals surface area contributed by atoms with Crippen molar-refractivity contribution < 1.29 is 13.6 Å². The minimum atomic E-state index is -0.814. The zero-order valence-electron chi connectivity index (χ0n) is 9.27. The molecule has 0 aliphatic carbocycles. The molecule has 3 nitrogen and oxygen atoms in total. The van der Waals surface area contributed by atoms with Crippen LogP contribution in [0.3, 0.4) is 0 Å². The highest BCUT2D eigenvalue weighted by Crippen LogP contribution is 2.24. The zero-order valence-corrected chi connectivity index (χ0v) is 10.9. The maximum absolute atomic E-state index is 13.4. The molecule has 1 amide bonds. The van der Waals surface area contributed by atoms with E-state index in [4.69, 9.17) is 5.73 Å². The highest BCUT2D eigenvalue weighted by molar-refractivity contribution is 9.10. The fourth-order valence-electron chi connectivity index (χ4n) is 1.31. The van der Waals surface area contributed by atoms with Crippen molar-refractivity contribution in [2.75, 3.05) is 11.9 Å². The Morgan fingerprint density at radius 1 is 1.47 bits per heavy atom. The van der Waals surface area contributed by atoms with Gasteiger partial charge in [-0.25, -0.2) is 8.78 Å². The number of rotatable bonds is 4. The summed E-state index contributed by atoms with van der Waals surface area (Å²) in [5, 5.41) is 2.39. The first-order valence-corrected chi connectivity index (χ1v) is 5.94. The average Bonchev–Trinajstić information content (AvgIpc) is 2.27. The van der Waals surface area contributed by atoms with Crippen LogP contribution in [0.2, 0.25) is 0 Å². The summed E-state index contributed by atoms with van der Waals surface area (Å²) in [6, 6.07) is 1.90. The molecule has 0 saturated heterocycles. The standard InChI is InChI=1S/C11H13BrF2N2O/c1-2-6(5-15)11(17)16-10-3-7(12)8(13)4-9(10)14/h3-4,6H,2,5,15H2,1H3,(H,16,17). The molecular weight excluding hydrogens is 294 g/mol. The SMILES string of the molecule is CCC(CN)C(=O)Nc1cc(Br)c(F)cc1F. The highest BCUT2D eigenvalue weighted by atomic mass is 79.9. The Morgan fingerprint density at radius 2 is 2.12 bits per heavy atom. The van der Waals surface area contributed by atoms with Crippen molar-refractivity contribution in [3.05, 3.63) is 28.2 Å². The van der Waals surface area contributed by atoms with E-state index < -0.39 is 11.6 Å². The molecule has 1 atom stereocenters. The molecule has 94 valence electrons. The van der Waals surface area contributed by atoms with Gasteiger partial charge in [0.2, 0.25) is 5.91 Å². The molecule has 1 rings (SSSR count).